The molecule has 0 unspecified atom stereocenters. The standard InChI is InChI=1S/C14H17N3S/c1-8(2)12-7-13(18)17-14(16-12)11-5-9(3)15-10(4)6-11/h5-8H,1-4H3,(H,16,17,18). The van der Waals surface area contributed by atoms with Crippen LogP contribution < -0.4 is 0 Å². The van der Waals surface area contributed by atoms with Crippen molar-refractivity contribution in [3.8, 4) is 11.4 Å². The van der Waals surface area contributed by atoms with Crippen molar-refractivity contribution in [3.63, 3.8) is 0 Å². The molecule has 4 heteroatoms. The zero-order chi connectivity index (χ0) is 13.3. The van der Waals surface area contributed by atoms with Crippen LogP contribution in [-0.4, -0.2) is 15.0 Å². The lowest BCUT2D eigenvalue weighted by atomic mass is 10.1. The molecule has 94 valence electrons. The van der Waals surface area contributed by atoms with Crippen LogP contribution in [0.3, 0.4) is 0 Å². The van der Waals surface area contributed by atoms with Gasteiger partial charge in [-0.1, -0.05) is 26.1 Å². The topological polar surface area (TPSA) is 41.6 Å². The normalized spacial score (nSPS) is 10.9. The lowest BCUT2D eigenvalue weighted by Gasteiger charge is -2.09. The van der Waals surface area contributed by atoms with Crippen molar-refractivity contribution in [3.05, 3.63) is 39.9 Å². The molecule has 0 aliphatic carbocycles. The van der Waals surface area contributed by atoms with Gasteiger partial charge in [0.15, 0.2) is 0 Å². The van der Waals surface area contributed by atoms with E-state index in [1.807, 2.05) is 32.0 Å². The van der Waals surface area contributed by atoms with E-state index in [-0.39, 0.29) is 0 Å². The minimum Gasteiger partial charge on any atom is -0.343 e. The van der Waals surface area contributed by atoms with Crippen LogP contribution in [-0.2, 0) is 0 Å². The SMILES string of the molecule is Cc1cc(-c2nc(=S)cc(C(C)C)[nH]2)cc(C)n1. The second-order valence-electron chi connectivity index (χ2n) is 4.82. The van der Waals surface area contributed by atoms with E-state index in [0.717, 1.165) is 28.5 Å². The van der Waals surface area contributed by atoms with Crippen LogP contribution in [0.2, 0.25) is 0 Å². The van der Waals surface area contributed by atoms with Crippen LogP contribution in [0.25, 0.3) is 11.4 Å². The molecule has 2 aromatic heterocycles. The Balaban J connectivity index is 2.60. The van der Waals surface area contributed by atoms with Gasteiger partial charge in [-0.25, -0.2) is 4.98 Å². The Morgan fingerprint density at radius 2 is 1.67 bits per heavy atom. The van der Waals surface area contributed by atoms with Gasteiger partial charge in [0.05, 0.1) is 0 Å². The molecular formula is C14H17N3S. The number of aryl methyl sites for hydroxylation is 2. The Morgan fingerprint density at radius 3 is 2.22 bits per heavy atom. The summed E-state index contributed by atoms with van der Waals surface area (Å²) < 4.78 is 0.625. The number of nitrogens with zero attached hydrogens (tertiary/aromatic N) is 2. The van der Waals surface area contributed by atoms with Crippen molar-refractivity contribution < 1.29 is 0 Å². The number of nitrogens with one attached hydrogen (secondary N) is 1. The van der Waals surface area contributed by atoms with Crippen LogP contribution in [0, 0.1) is 18.5 Å². The fourth-order valence-corrected chi connectivity index (χ4v) is 2.11. The third kappa shape index (κ3) is 2.82. The monoisotopic (exact) mass is 259 g/mol. The maximum Gasteiger partial charge on any atom is 0.139 e. The number of hydrogen-bond acceptors (Lipinski definition) is 3. The van der Waals surface area contributed by atoms with Crippen LogP contribution in [0.15, 0.2) is 18.2 Å². The predicted molar refractivity (Wildman–Crippen MR) is 76.2 cm³/mol. The molecule has 0 spiro atoms. The first-order valence-electron chi connectivity index (χ1n) is 6.02. The van der Waals surface area contributed by atoms with E-state index in [9.17, 15) is 0 Å². The van der Waals surface area contributed by atoms with E-state index in [2.05, 4.69) is 28.8 Å². The number of aromatic amines is 1. The van der Waals surface area contributed by atoms with Gasteiger partial charge in [0.1, 0.15) is 10.5 Å². The van der Waals surface area contributed by atoms with Gasteiger partial charge >= 0.3 is 0 Å². The van der Waals surface area contributed by atoms with Crippen molar-refractivity contribution in [2.45, 2.75) is 33.6 Å². The molecule has 0 fully saturated rings. The molecule has 0 amide bonds. The van der Waals surface area contributed by atoms with Gasteiger partial charge < -0.3 is 4.98 Å². The summed E-state index contributed by atoms with van der Waals surface area (Å²) in [5.74, 6) is 1.22. The Kier molecular flexibility index (Phi) is 3.57. The van der Waals surface area contributed by atoms with E-state index in [1.54, 1.807) is 0 Å². The summed E-state index contributed by atoms with van der Waals surface area (Å²) in [5.41, 5.74) is 4.12. The molecule has 0 bridgehead atoms. The van der Waals surface area contributed by atoms with E-state index < -0.39 is 0 Å². The Labute approximate surface area is 112 Å². The fourth-order valence-electron chi connectivity index (χ4n) is 1.90. The highest BCUT2D eigenvalue weighted by atomic mass is 32.1. The molecule has 0 radical (unpaired) electrons. The molecule has 3 nitrogen and oxygen atoms in total. The summed E-state index contributed by atoms with van der Waals surface area (Å²) in [5, 5.41) is 0. The third-order valence-electron chi connectivity index (χ3n) is 2.74. The summed E-state index contributed by atoms with van der Waals surface area (Å²) in [7, 11) is 0. The number of H-pyrrole nitrogens is 1. The largest absolute Gasteiger partial charge is 0.343 e. The van der Waals surface area contributed by atoms with Crippen LogP contribution in [0.5, 0.6) is 0 Å². The number of rotatable bonds is 2. The second-order valence-corrected chi connectivity index (χ2v) is 5.23. The lowest BCUT2D eigenvalue weighted by Crippen LogP contribution is -1.99. The van der Waals surface area contributed by atoms with Crippen LogP contribution in [0.1, 0.15) is 36.8 Å². The molecule has 18 heavy (non-hydrogen) atoms. The predicted octanol–water partition coefficient (Wildman–Crippen LogP) is 3.94. The Bertz CT molecular complexity index is 609. The fraction of sp³-hybridized carbons (Fsp3) is 0.357. The maximum absolute atomic E-state index is 5.23. The molecule has 0 aromatic carbocycles. The zero-order valence-electron chi connectivity index (χ0n) is 11.1. The quantitative estimate of drug-likeness (QED) is 0.830. The lowest BCUT2D eigenvalue weighted by molar-refractivity contribution is 0.815. The molecule has 2 aromatic rings. The van der Waals surface area contributed by atoms with Crippen molar-refractivity contribution >= 4 is 12.2 Å². The summed E-state index contributed by atoms with van der Waals surface area (Å²) in [6.07, 6.45) is 0. The smallest absolute Gasteiger partial charge is 0.139 e. The minimum atomic E-state index is 0.400. The first-order valence-corrected chi connectivity index (χ1v) is 6.43. The third-order valence-corrected chi connectivity index (χ3v) is 2.95. The van der Waals surface area contributed by atoms with E-state index in [1.165, 1.54) is 0 Å². The molecule has 0 aliphatic rings. The van der Waals surface area contributed by atoms with Crippen molar-refractivity contribution in [2.24, 2.45) is 0 Å². The average Bonchev–Trinajstić information content (AvgIpc) is 2.26. The highest BCUT2D eigenvalue weighted by Crippen LogP contribution is 2.19. The summed E-state index contributed by atoms with van der Waals surface area (Å²) in [4.78, 5) is 12.1. The first-order chi connectivity index (χ1) is 8.45. The molecule has 1 N–H and O–H groups in total. The van der Waals surface area contributed by atoms with Gasteiger partial charge in [0.2, 0.25) is 0 Å². The van der Waals surface area contributed by atoms with Gasteiger partial charge in [-0.3, -0.25) is 4.98 Å². The highest BCUT2D eigenvalue weighted by molar-refractivity contribution is 7.71. The number of hydrogen-bond donors (Lipinski definition) is 1. The number of aromatic nitrogens is 3. The van der Waals surface area contributed by atoms with Crippen molar-refractivity contribution in [2.75, 3.05) is 0 Å². The van der Waals surface area contributed by atoms with Gasteiger partial charge in [-0.2, -0.15) is 0 Å². The van der Waals surface area contributed by atoms with Crippen LogP contribution in [0.4, 0.5) is 0 Å². The summed E-state index contributed by atoms with van der Waals surface area (Å²) >= 11 is 5.23. The molecule has 0 saturated heterocycles. The first kappa shape index (κ1) is 12.9. The number of pyridine rings is 1. The second kappa shape index (κ2) is 4.98. The van der Waals surface area contributed by atoms with Crippen molar-refractivity contribution in [1.82, 2.24) is 15.0 Å². The maximum atomic E-state index is 5.23. The molecule has 2 heterocycles. The summed E-state index contributed by atoms with van der Waals surface area (Å²) in [6, 6.07) is 5.96. The van der Waals surface area contributed by atoms with Gasteiger partial charge in [-0.05, 0) is 38.0 Å². The Hall–Kier alpha value is -1.55. The zero-order valence-corrected chi connectivity index (χ0v) is 11.9. The van der Waals surface area contributed by atoms with E-state index in [0.29, 0.717) is 10.6 Å². The molecule has 0 saturated carbocycles. The average molecular weight is 259 g/mol. The highest BCUT2D eigenvalue weighted by Gasteiger charge is 2.06. The molecule has 0 atom stereocenters. The van der Waals surface area contributed by atoms with Crippen molar-refractivity contribution in [1.29, 1.82) is 0 Å². The van der Waals surface area contributed by atoms with Crippen LogP contribution >= 0.6 is 12.2 Å². The van der Waals surface area contributed by atoms with Gasteiger partial charge in [-0.15, -0.1) is 0 Å². The van der Waals surface area contributed by atoms with E-state index >= 15 is 0 Å². The van der Waals surface area contributed by atoms with Gasteiger partial charge in [0, 0.05) is 22.6 Å². The Morgan fingerprint density at radius 1 is 1.06 bits per heavy atom. The summed E-state index contributed by atoms with van der Waals surface area (Å²) in [6.45, 7) is 8.23. The van der Waals surface area contributed by atoms with E-state index in [4.69, 9.17) is 12.2 Å². The molecule has 0 aliphatic heterocycles. The molecule has 2 rings (SSSR count). The minimum absolute atomic E-state index is 0.400. The van der Waals surface area contributed by atoms with Gasteiger partial charge in [0.25, 0.3) is 0 Å². The molecular weight excluding hydrogens is 242 g/mol.